The van der Waals surface area contributed by atoms with Gasteiger partial charge in [0.2, 0.25) is 0 Å². The summed E-state index contributed by atoms with van der Waals surface area (Å²) in [5.41, 5.74) is 10.5. The van der Waals surface area contributed by atoms with Gasteiger partial charge in [-0.3, -0.25) is 19.9 Å². The van der Waals surface area contributed by atoms with Crippen LogP contribution in [0.3, 0.4) is 0 Å². The SMILES string of the molecule is Brc1cccnc1.Nc1cccc2ncccc12.c1cncc(Nc2cccc3ncccc23)c1. The van der Waals surface area contributed by atoms with Crippen molar-refractivity contribution in [3.8, 4) is 0 Å². The highest BCUT2D eigenvalue weighted by Crippen LogP contribution is 2.24. The number of nitrogens with two attached hydrogens (primary N) is 1. The highest BCUT2D eigenvalue weighted by atomic mass is 79.9. The van der Waals surface area contributed by atoms with E-state index in [0.29, 0.717) is 0 Å². The normalized spacial score (nSPS) is 9.97. The number of halogens is 1. The van der Waals surface area contributed by atoms with E-state index in [1.165, 1.54) is 0 Å². The van der Waals surface area contributed by atoms with Gasteiger partial charge in [-0.1, -0.05) is 12.1 Å². The van der Waals surface area contributed by atoms with E-state index < -0.39 is 0 Å². The van der Waals surface area contributed by atoms with Crippen molar-refractivity contribution >= 4 is 54.8 Å². The molecule has 3 N–H and O–H groups in total. The first kappa shape index (κ1) is 23.8. The van der Waals surface area contributed by atoms with Crippen molar-refractivity contribution in [3.63, 3.8) is 0 Å². The molecule has 4 aromatic heterocycles. The first-order chi connectivity index (χ1) is 17.2. The monoisotopic (exact) mass is 522 g/mol. The van der Waals surface area contributed by atoms with Gasteiger partial charge in [-0.2, -0.15) is 0 Å². The number of aromatic nitrogens is 4. The molecule has 0 saturated carbocycles. The van der Waals surface area contributed by atoms with Gasteiger partial charge in [0, 0.05) is 57.6 Å². The molecule has 0 saturated heterocycles. The molecule has 35 heavy (non-hydrogen) atoms. The quantitative estimate of drug-likeness (QED) is 0.237. The average molecular weight is 523 g/mol. The summed E-state index contributed by atoms with van der Waals surface area (Å²) in [5.74, 6) is 0. The predicted octanol–water partition coefficient (Wildman–Crippen LogP) is 7.03. The molecule has 0 aliphatic heterocycles. The van der Waals surface area contributed by atoms with Gasteiger partial charge in [0.15, 0.2) is 0 Å². The topological polar surface area (TPSA) is 89.6 Å². The number of hydrogen-bond acceptors (Lipinski definition) is 6. The third kappa shape index (κ3) is 6.82. The summed E-state index contributed by atoms with van der Waals surface area (Å²) in [6.45, 7) is 0. The molecule has 0 spiro atoms. The molecule has 7 heteroatoms. The van der Waals surface area contributed by atoms with Crippen LogP contribution in [0.5, 0.6) is 0 Å². The van der Waals surface area contributed by atoms with Crippen LogP contribution in [0, 0.1) is 0 Å². The molecule has 0 aliphatic rings. The zero-order valence-electron chi connectivity index (χ0n) is 18.8. The van der Waals surface area contributed by atoms with Crippen LogP contribution in [0.1, 0.15) is 0 Å². The van der Waals surface area contributed by atoms with Gasteiger partial charge in [-0.15, -0.1) is 0 Å². The summed E-state index contributed by atoms with van der Waals surface area (Å²) < 4.78 is 1.02. The van der Waals surface area contributed by atoms with Gasteiger partial charge in [0.05, 0.1) is 22.9 Å². The van der Waals surface area contributed by atoms with Gasteiger partial charge in [-0.25, -0.2) is 0 Å². The third-order valence-electron chi connectivity index (χ3n) is 4.89. The van der Waals surface area contributed by atoms with Crippen molar-refractivity contribution in [1.29, 1.82) is 0 Å². The molecule has 6 nitrogen and oxygen atoms in total. The smallest absolute Gasteiger partial charge is 0.0722 e. The van der Waals surface area contributed by atoms with E-state index in [4.69, 9.17) is 5.73 Å². The molecule has 6 rings (SSSR count). The van der Waals surface area contributed by atoms with Gasteiger partial charge < -0.3 is 11.1 Å². The fraction of sp³-hybridized carbons (Fsp3) is 0. The highest BCUT2D eigenvalue weighted by Gasteiger charge is 2.01. The van der Waals surface area contributed by atoms with E-state index in [1.807, 2.05) is 78.9 Å². The van der Waals surface area contributed by atoms with E-state index in [1.54, 1.807) is 37.2 Å². The Morgan fingerprint density at radius 3 is 1.83 bits per heavy atom. The average Bonchev–Trinajstić information content (AvgIpc) is 2.91. The molecule has 0 unspecified atom stereocenters. The molecule has 0 atom stereocenters. The van der Waals surface area contributed by atoms with Crippen molar-refractivity contribution in [2.24, 2.45) is 0 Å². The zero-order chi connectivity index (χ0) is 24.3. The number of benzene rings is 2. The fourth-order valence-electron chi connectivity index (χ4n) is 3.27. The number of anilines is 3. The molecule has 0 amide bonds. The number of nitrogens with zero attached hydrogens (tertiary/aromatic N) is 4. The van der Waals surface area contributed by atoms with E-state index in [9.17, 15) is 0 Å². The number of nitrogen functional groups attached to an aromatic ring is 1. The molecule has 0 fully saturated rings. The molecular weight excluding hydrogens is 500 g/mol. The Kier molecular flexibility index (Phi) is 8.29. The van der Waals surface area contributed by atoms with E-state index in [2.05, 4.69) is 47.2 Å². The summed E-state index contributed by atoms with van der Waals surface area (Å²) in [6, 6.07) is 27.3. The molecule has 2 aromatic carbocycles. The molecule has 6 aromatic rings. The van der Waals surface area contributed by atoms with Crippen molar-refractivity contribution in [3.05, 3.63) is 127 Å². The van der Waals surface area contributed by atoms with E-state index in [0.717, 1.165) is 43.3 Å². The highest BCUT2D eigenvalue weighted by molar-refractivity contribution is 9.10. The Balaban J connectivity index is 0.000000137. The van der Waals surface area contributed by atoms with Crippen LogP contribution < -0.4 is 11.1 Å². The van der Waals surface area contributed by atoms with Crippen LogP contribution >= 0.6 is 15.9 Å². The Bertz CT molecular complexity index is 1480. The van der Waals surface area contributed by atoms with Gasteiger partial charge in [0.25, 0.3) is 0 Å². The minimum absolute atomic E-state index is 0.788. The minimum atomic E-state index is 0.788. The van der Waals surface area contributed by atoms with Crippen LogP contribution in [0.2, 0.25) is 0 Å². The van der Waals surface area contributed by atoms with E-state index >= 15 is 0 Å². The standard InChI is InChI=1S/C14H11N3.C9H8N2.C5H4BrN/c1-6-13-12(5-3-9-16-13)14(7-1)17-11-4-2-8-15-10-11;10-8-4-1-5-9-7(8)3-2-6-11-9;6-5-2-1-3-7-4-5/h1-10,17H;1-6H,10H2;1-4H. The van der Waals surface area contributed by atoms with Crippen LogP contribution in [-0.4, -0.2) is 19.9 Å². The minimum Gasteiger partial charge on any atom is -0.398 e. The van der Waals surface area contributed by atoms with Gasteiger partial charge in [0.1, 0.15) is 0 Å². The molecular formula is C28H23BrN6. The lowest BCUT2D eigenvalue weighted by atomic mass is 10.2. The molecule has 0 bridgehead atoms. The second-order valence-corrected chi connectivity index (χ2v) is 8.25. The maximum atomic E-state index is 5.72. The summed E-state index contributed by atoms with van der Waals surface area (Å²) in [6.07, 6.45) is 10.6. The molecule has 0 radical (unpaired) electrons. The van der Waals surface area contributed by atoms with Crippen molar-refractivity contribution in [1.82, 2.24) is 19.9 Å². The maximum absolute atomic E-state index is 5.72. The Hall–Kier alpha value is -4.36. The lowest BCUT2D eigenvalue weighted by Gasteiger charge is -2.08. The molecule has 4 heterocycles. The second-order valence-electron chi connectivity index (χ2n) is 7.33. The van der Waals surface area contributed by atoms with Crippen molar-refractivity contribution in [2.75, 3.05) is 11.1 Å². The summed E-state index contributed by atoms with van der Waals surface area (Å²) >= 11 is 3.25. The maximum Gasteiger partial charge on any atom is 0.0722 e. The summed E-state index contributed by atoms with van der Waals surface area (Å²) in [7, 11) is 0. The zero-order valence-corrected chi connectivity index (χ0v) is 20.4. The fourth-order valence-corrected chi connectivity index (χ4v) is 3.54. The van der Waals surface area contributed by atoms with Gasteiger partial charge in [-0.05, 0) is 88.7 Å². The van der Waals surface area contributed by atoms with Crippen LogP contribution in [0.4, 0.5) is 17.1 Å². The summed E-state index contributed by atoms with van der Waals surface area (Å²) in [4.78, 5) is 16.4. The lowest BCUT2D eigenvalue weighted by molar-refractivity contribution is 1.31. The first-order valence-corrected chi connectivity index (χ1v) is 11.7. The van der Waals surface area contributed by atoms with E-state index in [-0.39, 0.29) is 0 Å². The van der Waals surface area contributed by atoms with Crippen LogP contribution in [0.25, 0.3) is 21.8 Å². The second kappa shape index (κ2) is 12.2. The predicted molar refractivity (Wildman–Crippen MR) is 147 cm³/mol. The van der Waals surface area contributed by atoms with Crippen LogP contribution in [-0.2, 0) is 0 Å². The first-order valence-electron chi connectivity index (χ1n) is 10.9. The molecule has 0 aliphatic carbocycles. The summed E-state index contributed by atoms with van der Waals surface area (Å²) in [5, 5.41) is 5.48. The Labute approximate surface area is 212 Å². The Morgan fingerprint density at radius 2 is 1.23 bits per heavy atom. The lowest BCUT2D eigenvalue weighted by Crippen LogP contribution is -1.92. The third-order valence-corrected chi connectivity index (χ3v) is 5.36. The van der Waals surface area contributed by atoms with Gasteiger partial charge >= 0.3 is 0 Å². The number of hydrogen-bond donors (Lipinski definition) is 2. The van der Waals surface area contributed by atoms with Crippen molar-refractivity contribution < 1.29 is 0 Å². The number of rotatable bonds is 2. The molecule has 172 valence electrons. The van der Waals surface area contributed by atoms with Crippen LogP contribution in [0.15, 0.2) is 127 Å². The van der Waals surface area contributed by atoms with Crippen molar-refractivity contribution in [2.45, 2.75) is 0 Å². The largest absolute Gasteiger partial charge is 0.398 e. The Morgan fingerprint density at radius 1 is 0.600 bits per heavy atom. The number of fused-ring (bicyclic) bond motifs is 2. The number of nitrogens with one attached hydrogen (secondary N) is 1. The number of pyridine rings is 4.